The van der Waals surface area contributed by atoms with E-state index in [-0.39, 0.29) is 23.3 Å². The van der Waals surface area contributed by atoms with Gasteiger partial charge in [-0.05, 0) is 49.7 Å². The van der Waals surface area contributed by atoms with Crippen LogP contribution in [0.4, 0.5) is 0 Å². The predicted molar refractivity (Wildman–Crippen MR) is 104 cm³/mol. The number of carbonyl (C=O) groups is 2. The number of benzene rings is 1. The van der Waals surface area contributed by atoms with Crippen LogP contribution in [-0.2, 0) is 9.53 Å². The van der Waals surface area contributed by atoms with Crippen LogP contribution in [0.15, 0.2) is 24.3 Å². The van der Waals surface area contributed by atoms with Gasteiger partial charge < -0.3 is 14.5 Å². The van der Waals surface area contributed by atoms with Gasteiger partial charge in [-0.15, -0.1) is 0 Å². The maximum atomic E-state index is 12.8. The highest BCUT2D eigenvalue weighted by atomic mass is 35.5. The maximum absolute atomic E-state index is 12.8. The van der Waals surface area contributed by atoms with Gasteiger partial charge in [0.15, 0.2) is 0 Å². The quantitative estimate of drug-likeness (QED) is 0.795. The first-order valence-corrected chi connectivity index (χ1v) is 10.4. The van der Waals surface area contributed by atoms with Crippen LogP contribution in [0, 0.1) is 5.41 Å². The molecule has 3 heterocycles. The minimum atomic E-state index is 0.0125. The Hall–Kier alpha value is -1.59. The van der Waals surface area contributed by atoms with Crippen LogP contribution < -0.4 is 0 Å². The lowest BCUT2D eigenvalue weighted by Crippen LogP contribution is -2.53. The van der Waals surface area contributed by atoms with E-state index < -0.39 is 0 Å². The van der Waals surface area contributed by atoms with E-state index in [0.717, 1.165) is 64.9 Å². The Bertz CT molecular complexity index is 709. The molecule has 3 aliphatic rings. The summed E-state index contributed by atoms with van der Waals surface area (Å²) in [5.41, 5.74) is 0.720. The first-order chi connectivity index (χ1) is 13.1. The van der Waals surface area contributed by atoms with Gasteiger partial charge in [0.25, 0.3) is 5.91 Å². The molecule has 3 fully saturated rings. The standard InChI is InChI=1S/C21H27ClN2O3/c22-18-6-2-1-5-17(18)20(26)23-11-9-21(10-12-23)8-7-19(25)24(15-21)14-16-4-3-13-27-16/h1-2,5-6,16H,3-4,7-15H2/t16-/m0/s1. The van der Waals surface area contributed by atoms with Gasteiger partial charge in [-0.1, -0.05) is 23.7 Å². The van der Waals surface area contributed by atoms with Gasteiger partial charge in [0, 0.05) is 39.2 Å². The summed E-state index contributed by atoms with van der Waals surface area (Å²) in [4.78, 5) is 29.1. The van der Waals surface area contributed by atoms with Crippen LogP contribution in [0.25, 0.3) is 0 Å². The van der Waals surface area contributed by atoms with Crippen LogP contribution in [0.2, 0.25) is 5.02 Å². The van der Waals surface area contributed by atoms with Crippen molar-refractivity contribution in [3.8, 4) is 0 Å². The Kier molecular flexibility index (Phi) is 5.42. The summed E-state index contributed by atoms with van der Waals surface area (Å²) < 4.78 is 5.73. The predicted octanol–water partition coefficient (Wildman–Crippen LogP) is 3.36. The molecular weight excluding hydrogens is 364 g/mol. The van der Waals surface area contributed by atoms with Crippen LogP contribution in [0.3, 0.4) is 0 Å². The maximum Gasteiger partial charge on any atom is 0.255 e. The average molecular weight is 391 g/mol. The summed E-state index contributed by atoms with van der Waals surface area (Å²) in [6, 6.07) is 7.24. The van der Waals surface area contributed by atoms with Crippen molar-refractivity contribution in [2.24, 2.45) is 5.41 Å². The highest BCUT2D eigenvalue weighted by molar-refractivity contribution is 6.33. The number of likely N-dealkylation sites (tertiary alicyclic amines) is 2. The molecule has 2 amide bonds. The zero-order valence-electron chi connectivity index (χ0n) is 15.7. The number of rotatable bonds is 3. The van der Waals surface area contributed by atoms with Gasteiger partial charge in [0.2, 0.25) is 5.91 Å². The largest absolute Gasteiger partial charge is 0.376 e. The molecule has 27 heavy (non-hydrogen) atoms. The molecule has 1 spiro atoms. The zero-order valence-corrected chi connectivity index (χ0v) is 16.4. The number of hydrogen-bond donors (Lipinski definition) is 0. The molecule has 0 aromatic heterocycles. The minimum Gasteiger partial charge on any atom is -0.376 e. The summed E-state index contributed by atoms with van der Waals surface area (Å²) in [6.45, 7) is 3.80. The number of carbonyl (C=O) groups excluding carboxylic acids is 2. The topological polar surface area (TPSA) is 49.9 Å². The lowest BCUT2D eigenvalue weighted by molar-refractivity contribution is -0.141. The molecule has 6 heteroatoms. The van der Waals surface area contributed by atoms with Crippen LogP contribution in [0.1, 0.15) is 48.9 Å². The van der Waals surface area contributed by atoms with Crippen molar-refractivity contribution >= 4 is 23.4 Å². The molecule has 146 valence electrons. The Labute approximate surface area is 165 Å². The van der Waals surface area contributed by atoms with Gasteiger partial charge >= 0.3 is 0 Å². The van der Waals surface area contributed by atoms with E-state index >= 15 is 0 Å². The van der Waals surface area contributed by atoms with Gasteiger partial charge in [-0.2, -0.15) is 0 Å². The van der Waals surface area contributed by atoms with E-state index in [9.17, 15) is 9.59 Å². The summed E-state index contributed by atoms with van der Waals surface area (Å²) in [6.07, 6.45) is 5.78. The third-order valence-electron chi connectivity index (χ3n) is 6.41. The number of nitrogens with zero attached hydrogens (tertiary/aromatic N) is 2. The summed E-state index contributed by atoms with van der Waals surface area (Å²) >= 11 is 6.19. The lowest BCUT2D eigenvalue weighted by atomic mass is 9.72. The fourth-order valence-electron chi connectivity index (χ4n) is 4.70. The molecule has 3 saturated heterocycles. The van der Waals surface area contributed by atoms with Gasteiger partial charge in [0.05, 0.1) is 16.7 Å². The fourth-order valence-corrected chi connectivity index (χ4v) is 4.92. The van der Waals surface area contributed by atoms with Crippen LogP contribution in [0.5, 0.6) is 0 Å². The first-order valence-electron chi connectivity index (χ1n) is 10.00. The van der Waals surface area contributed by atoms with E-state index in [2.05, 4.69) is 0 Å². The van der Waals surface area contributed by atoms with Crippen molar-refractivity contribution in [3.63, 3.8) is 0 Å². The SMILES string of the molecule is O=C1CCC2(CCN(C(=O)c3ccccc3Cl)CC2)CN1C[C@@H]1CCCO1. The molecule has 0 saturated carbocycles. The van der Waals surface area contributed by atoms with Crippen molar-refractivity contribution in [2.45, 2.75) is 44.6 Å². The van der Waals surface area contributed by atoms with E-state index in [1.165, 1.54) is 0 Å². The molecule has 3 aliphatic heterocycles. The molecule has 0 unspecified atom stereocenters. The normalized spacial score (nSPS) is 25.2. The average Bonchev–Trinajstić information content (AvgIpc) is 3.19. The Morgan fingerprint density at radius 2 is 2.00 bits per heavy atom. The third-order valence-corrected chi connectivity index (χ3v) is 6.74. The smallest absolute Gasteiger partial charge is 0.255 e. The van der Waals surface area contributed by atoms with Crippen molar-refractivity contribution in [3.05, 3.63) is 34.9 Å². The Balaban J connectivity index is 1.38. The van der Waals surface area contributed by atoms with Crippen molar-refractivity contribution < 1.29 is 14.3 Å². The molecule has 1 aromatic carbocycles. The monoisotopic (exact) mass is 390 g/mol. The highest BCUT2D eigenvalue weighted by Gasteiger charge is 2.42. The summed E-state index contributed by atoms with van der Waals surface area (Å²) in [7, 11) is 0. The van der Waals surface area contributed by atoms with Crippen molar-refractivity contribution in [2.75, 3.05) is 32.8 Å². The van der Waals surface area contributed by atoms with Gasteiger partial charge in [-0.3, -0.25) is 9.59 Å². The second kappa shape index (κ2) is 7.80. The molecule has 5 nitrogen and oxygen atoms in total. The Morgan fingerprint density at radius 1 is 1.22 bits per heavy atom. The van der Waals surface area contributed by atoms with E-state index in [0.29, 0.717) is 17.0 Å². The number of amides is 2. The van der Waals surface area contributed by atoms with Gasteiger partial charge in [-0.25, -0.2) is 0 Å². The van der Waals surface area contributed by atoms with E-state index in [1.54, 1.807) is 12.1 Å². The van der Waals surface area contributed by atoms with Gasteiger partial charge in [0.1, 0.15) is 0 Å². The van der Waals surface area contributed by atoms with E-state index in [1.807, 2.05) is 21.9 Å². The second-order valence-corrected chi connectivity index (χ2v) is 8.59. The molecule has 0 radical (unpaired) electrons. The lowest BCUT2D eigenvalue weighted by Gasteiger charge is -2.47. The molecule has 0 N–H and O–H groups in total. The molecule has 4 rings (SSSR count). The third kappa shape index (κ3) is 3.99. The summed E-state index contributed by atoms with van der Waals surface area (Å²) in [5.74, 6) is 0.268. The molecular formula is C21H27ClN2O3. The first kappa shape index (κ1) is 18.8. The fraction of sp³-hybridized carbons (Fsp3) is 0.619. The Morgan fingerprint density at radius 3 is 2.70 bits per heavy atom. The number of ether oxygens (including phenoxy) is 1. The van der Waals surface area contributed by atoms with Crippen molar-refractivity contribution in [1.29, 1.82) is 0 Å². The highest BCUT2D eigenvalue weighted by Crippen LogP contribution is 2.41. The van der Waals surface area contributed by atoms with E-state index in [4.69, 9.17) is 16.3 Å². The van der Waals surface area contributed by atoms with Crippen LogP contribution in [-0.4, -0.2) is 60.5 Å². The number of piperidine rings is 2. The van der Waals surface area contributed by atoms with Crippen molar-refractivity contribution in [1.82, 2.24) is 9.80 Å². The molecule has 1 atom stereocenters. The molecule has 1 aromatic rings. The summed E-state index contributed by atoms with van der Waals surface area (Å²) in [5, 5.41) is 0.508. The molecule has 0 aliphatic carbocycles. The second-order valence-electron chi connectivity index (χ2n) is 8.18. The number of hydrogen-bond acceptors (Lipinski definition) is 3. The minimum absolute atomic E-state index is 0.0125. The zero-order chi connectivity index (χ0) is 18.9. The van der Waals surface area contributed by atoms with Crippen LogP contribution >= 0.6 is 11.6 Å². The number of halogens is 1. The molecule has 0 bridgehead atoms.